The Morgan fingerprint density at radius 1 is 1.10 bits per heavy atom. The van der Waals surface area contributed by atoms with Crippen LogP contribution < -0.4 is 15.0 Å². The van der Waals surface area contributed by atoms with E-state index in [1.807, 2.05) is 0 Å². The fourth-order valence-corrected chi connectivity index (χ4v) is 2.92. The molecule has 0 saturated heterocycles. The van der Waals surface area contributed by atoms with Crippen molar-refractivity contribution in [2.24, 2.45) is 0 Å². The summed E-state index contributed by atoms with van der Waals surface area (Å²) in [4.78, 5) is 22.9. The Labute approximate surface area is 171 Å². The third-order valence-electron chi connectivity index (χ3n) is 4.55. The maximum absolute atomic E-state index is 13.2. The summed E-state index contributed by atoms with van der Waals surface area (Å²) in [5.74, 6) is 0.187. The molecule has 30 heavy (non-hydrogen) atoms. The number of aromatic nitrogens is 2. The molecule has 2 aromatic heterocycles. The second kappa shape index (κ2) is 8.40. The minimum Gasteiger partial charge on any atom is -0.481 e. The lowest BCUT2D eigenvalue weighted by Crippen LogP contribution is -2.20. The van der Waals surface area contributed by atoms with Crippen molar-refractivity contribution in [2.45, 2.75) is 13.1 Å². The van der Waals surface area contributed by atoms with Crippen LogP contribution in [0.15, 0.2) is 54.9 Å². The molecular formula is C21H19F3N4O2. The number of nitrogens with zero attached hydrogens (tertiary/aromatic N) is 3. The van der Waals surface area contributed by atoms with Gasteiger partial charge in [-0.05, 0) is 42.8 Å². The number of ether oxygens (including phenoxy) is 1. The number of rotatable bonds is 5. The zero-order chi connectivity index (χ0) is 21.9. The van der Waals surface area contributed by atoms with Crippen LogP contribution in [0.2, 0.25) is 0 Å². The van der Waals surface area contributed by atoms with Gasteiger partial charge in [-0.1, -0.05) is 6.07 Å². The van der Waals surface area contributed by atoms with Crippen molar-refractivity contribution >= 4 is 23.1 Å². The van der Waals surface area contributed by atoms with E-state index in [0.29, 0.717) is 17.4 Å². The highest BCUT2D eigenvalue weighted by Gasteiger charge is 2.33. The number of pyridine rings is 2. The Morgan fingerprint density at radius 3 is 2.50 bits per heavy atom. The van der Waals surface area contributed by atoms with Crippen molar-refractivity contribution in [1.82, 2.24) is 9.97 Å². The molecule has 0 unspecified atom stereocenters. The van der Waals surface area contributed by atoms with Gasteiger partial charge in [-0.15, -0.1) is 0 Å². The van der Waals surface area contributed by atoms with E-state index in [-0.39, 0.29) is 16.8 Å². The van der Waals surface area contributed by atoms with Crippen LogP contribution >= 0.6 is 0 Å². The summed E-state index contributed by atoms with van der Waals surface area (Å²) < 4.78 is 44.5. The monoisotopic (exact) mass is 416 g/mol. The van der Waals surface area contributed by atoms with Gasteiger partial charge in [0.05, 0.1) is 30.1 Å². The quantitative estimate of drug-likeness (QED) is 0.645. The summed E-state index contributed by atoms with van der Waals surface area (Å²) in [5, 5.41) is 2.56. The van der Waals surface area contributed by atoms with Gasteiger partial charge >= 0.3 is 6.18 Å². The number of hydrogen-bond donors (Lipinski definition) is 1. The summed E-state index contributed by atoms with van der Waals surface area (Å²) >= 11 is 0. The van der Waals surface area contributed by atoms with Crippen LogP contribution in [0.4, 0.5) is 30.4 Å². The second-order valence-electron chi connectivity index (χ2n) is 6.42. The highest BCUT2D eigenvalue weighted by atomic mass is 19.4. The van der Waals surface area contributed by atoms with Gasteiger partial charge in [0.2, 0.25) is 5.88 Å². The average molecular weight is 416 g/mol. The Kier molecular flexibility index (Phi) is 5.91. The number of nitrogens with one attached hydrogen (secondary N) is 1. The highest BCUT2D eigenvalue weighted by Crippen LogP contribution is 2.35. The lowest BCUT2D eigenvalue weighted by Gasteiger charge is -2.21. The van der Waals surface area contributed by atoms with Crippen LogP contribution in [0, 0.1) is 6.92 Å². The third kappa shape index (κ3) is 4.35. The molecule has 0 bridgehead atoms. The molecule has 0 aliphatic carbocycles. The number of carbonyl (C=O) groups excluding carboxylic acids is 1. The lowest BCUT2D eigenvalue weighted by molar-refractivity contribution is -0.138. The van der Waals surface area contributed by atoms with E-state index in [9.17, 15) is 18.0 Å². The molecule has 3 rings (SSSR count). The van der Waals surface area contributed by atoms with Crippen LogP contribution in [0.25, 0.3) is 0 Å². The van der Waals surface area contributed by atoms with Crippen molar-refractivity contribution < 1.29 is 22.7 Å². The Morgan fingerprint density at radius 2 is 1.87 bits per heavy atom. The summed E-state index contributed by atoms with van der Waals surface area (Å²) in [6.45, 7) is 1.32. The molecule has 6 nitrogen and oxygen atoms in total. The second-order valence-corrected chi connectivity index (χ2v) is 6.42. The summed E-state index contributed by atoms with van der Waals surface area (Å²) in [7, 11) is 3.21. The molecule has 2 heterocycles. The number of carbonyl (C=O) groups is 1. The van der Waals surface area contributed by atoms with E-state index in [1.54, 1.807) is 42.4 Å². The number of amides is 1. The van der Waals surface area contributed by atoms with Crippen LogP contribution in [-0.4, -0.2) is 30.0 Å². The topological polar surface area (TPSA) is 67.3 Å². The molecule has 9 heteroatoms. The molecule has 0 aliphatic rings. The van der Waals surface area contributed by atoms with Crippen molar-refractivity contribution in [3.8, 4) is 5.88 Å². The first kappa shape index (κ1) is 21.1. The summed E-state index contributed by atoms with van der Waals surface area (Å²) in [5.41, 5.74) is 0.0782. The SMILES string of the molecule is COc1ccc(N(C)c2ncccc2C(=O)Nc2cccc(C(F)(F)F)c2C)cn1. The molecule has 0 saturated carbocycles. The van der Waals surface area contributed by atoms with Gasteiger partial charge in [-0.2, -0.15) is 13.2 Å². The predicted molar refractivity (Wildman–Crippen MR) is 107 cm³/mol. The van der Waals surface area contributed by atoms with Crippen molar-refractivity contribution in [3.63, 3.8) is 0 Å². The average Bonchev–Trinajstić information content (AvgIpc) is 2.74. The molecule has 0 atom stereocenters. The van der Waals surface area contributed by atoms with E-state index < -0.39 is 17.6 Å². The molecule has 1 aromatic carbocycles. The van der Waals surface area contributed by atoms with Crippen LogP contribution in [0.3, 0.4) is 0 Å². The van der Waals surface area contributed by atoms with Crippen LogP contribution in [-0.2, 0) is 6.18 Å². The van der Waals surface area contributed by atoms with E-state index in [1.165, 1.54) is 32.4 Å². The number of hydrogen-bond acceptors (Lipinski definition) is 5. The van der Waals surface area contributed by atoms with Gasteiger partial charge in [0.1, 0.15) is 5.82 Å². The summed E-state index contributed by atoms with van der Waals surface area (Å²) in [6.07, 6.45) is -1.42. The first-order chi connectivity index (χ1) is 14.2. The normalized spacial score (nSPS) is 11.1. The largest absolute Gasteiger partial charge is 0.481 e. The zero-order valence-corrected chi connectivity index (χ0v) is 16.5. The molecule has 0 spiro atoms. The smallest absolute Gasteiger partial charge is 0.416 e. The molecule has 156 valence electrons. The van der Waals surface area contributed by atoms with Gasteiger partial charge in [0.25, 0.3) is 5.91 Å². The minimum atomic E-state index is -4.51. The number of methoxy groups -OCH3 is 1. The first-order valence-corrected chi connectivity index (χ1v) is 8.89. The fraction of sp³-hybridized carbons (Fsp3) is 0.190. The van der Waals surface area contributed by atoms with Gasteiger partial charge < -0.3 is 15.0 Å². The lowest BCUT2D eigenvalue weighted by atomic mass is 10.1. The van der Waals surface area contributed by atoms with Gasteiger partial charge in [0, 0.05) is 25.0 Å². The fourth-order valence-electron chi connectivity index (χ4n) is 2.92. The Hall–Kier alpha value is -3.62. The predicted octanol–water partition coefficient (Wildman–Crippen LogP) is 4.83. The van der Waals surface area contributed by atoms with E-state index in [4.69, 9.17) is 4.74 Å². The van der Waals surface area contributed by atoms with Crippen molar-refractivity contribution in [2.75, 3.05) is 24.4 Å². The van der Waals surface area contributed by atoms with Gasteiger partial charge in [-0.3, -0.25) is 4.79 Å². The molecular weight excluding hydrogens is 397 g/mol. The molecule has 3 aromatic rings. The standard InChI is InChI=1S/C21H19F3N4O2/c1-13-16(21(22,23)24)7-4-8-17(13)27-20(29)15-6-5-11-25-19(15)28(2)14-9-10-18(30-3)26-12-14/h4-12H,1-3H3,(H,27,29). The van der Waals surface area contributed by atoms with Crippen molar-refractivity contribution in [1.29, 1.82) is 0 Å². The van der Waals surface area contributed by atoms with E-state index in [2.05, 4.69) is 15.3 Å². The first-order valence-electron chi connectivity index (χ1n) is 8.89. The maximum atomic E-state index is 13.2. The van der Waals surface area contributed by atoms with Gasteiger partial charge in [0.15, 0.2) is 0 Å². The number of halogens is 3. The third-order valence-corrected chi connectivity index (χ3v) is 4.55. The van der Waals surface area contributed by atoms with E-state index in [0.717, 1.165) is 6.07 Å². The number of alkyl halides is 3. The van der Waals surface area contributed by atoms with E-state index >= 15 is 0 Å². The van der Waals surface area contributed by atoms with Gasteiger partial charge in [-0.25, -0.2) is 9.97 Å². The zero-order valence-electron chi connectivity index (χ0n) is 16.5. The Bertz CT molecular complexity index is 1050. The number of anilines is 3. The minimum absolute atomic E-state index is 0.0588. The maximum Gasteiger partial charge on any atom is 0.416 e. The molecule has 1 N–H and O–H groups in total. The van der Waals surface area contributed by atoms with Crippen LogP contribution in [0.5, 0.6) is 5.88 Å². The molecule has 1 amide bonds. The molecule has 0 fully saturated rings. The highest BCUT2D eigenvalue weighted by molar-refractivity contribution is 6.08. The molecule has 0 radical (unpaired) electrons. The van der Waals surface area contributed by atoms with Crippen molar-refractivity contribution in [3.05, 3.63) is 71.5 Å². The number of benzene rings is 1. The Balaban J connectivity index is 1.91. The summed E-state index contributed by atoms with van der Waals surface area (Å²) in [6, 6.07) is 10.2. The van der Waals surface area contributed by atoms with Crippen LogP contribution in [0.1, 0.15) is 21.5 Å². The molecule has 0 aliphatic heterocycles.